The first-order valence-electron chi connectivity index (χ1n) is 3.60. The quantitative estimate of drug-likeness (QED) is 0.606. The number of ether oxygens (including phenoxy) is 2. The van der Waals surface area contributed by atoms with Gasteiger partial charge in [-0.05, 0) is 46.9 Å². The van der Waals surface area contributed by atoms with Gasteiger partial charge >= 0.3 is 9.41 Å². The molecular weight excluding hydrogens is 286 g/mol. The molecule has 0 saturated heterocycles. The van der Waals surface area contributed by atoms with Gasteiger partial charge in [0.2, 0.25) is 0 Å². The van der Waals surface area contributed by atoms with Crippen LogP contribution in [0, 0.1) is 0 Å². The Morgan fingerprint density at radius 1 is 1.20 bits per heavy atom. The number of rotatable bonds is 2. The molecule has 15 heavy (non-hydrogen) atoms. The maximum absolute atomic E-state index is 10.4. The van der Waals surface area contributed by atoms with E-state index in [1.807, 2.05) is 0 Å². The molecule has 0 aliphatic rings. The molecule has 0 aromatic heterocycles. The van der Waals surface area contributed by atoms with Gasteiger partial charge in [-0.3, -0.25) is 0 Å². The summed E-state index contributed by atoms with van der Waals surface area (Å²) in [5, 5.41) is 0. The molecule has 0 aliphatic heterocycles. The van der Waals surface area contributed by atoms with E-state index < -0.39 is 9.41 Å². The first-order valence-corrected chi connectivity index (χ1v) is 5.11. The van der Waals surface area contributed by atoms with Crippen molar-refractivity contribution in [2.45, 2.75) is 3.98 Å². The number of hydrogen-bond acceptors (Lipinski definition) is 3. The second kappa shape index (κ2) is 5.12. The van der Waals surface area contributed by atoms with Crippen LogP contribution in [0.3, 0.4) is 0 Å². The summed E-state index contributed by atoms with van der Waals surface area (Å²) in [7, 11) is 0. The molecule has 0 spiro atoms. The van der Waals surface area contributed by atoms with Crippen LogP contribution in [0.15, 0.2) is 24.3 Å². The summed E-state index contributed by atoms with van der Waals surface area (Å²) in [4.78, 5) is 10.4. The van der Waals surface area contributed by atoms with Gasteiger partial charge < -0.3 is 9.47 Å². The lowest BCUT2D eigenvalue weighted by Crippen LogP contribution is -2.12. The molecule has 1 aromatic rings. The summed E-state index contributed by atoms with van der Waals surface area (Å²) >= 11 is 21.2. The van der Waals surface area contributed by atoms with Gasteiger partial charge in [0.25, 0.3) is 0 Å². The van der Waals surface area contributed by atoms with Crippen LogP contribution in [-0.4, -0.2) is 9.41 Å². The van der Waals surface area contributed by atoms with Gasteiger partial charge in [0, 0.05) is 17.7 Å². The minimum atomic E-state index is -1.87. The Hall–Kier alpha value is -0.350. The average molecular weight is 290 g/mol. The molecule has 0 saturated carbocycles. The molecule has 82 valence electrons. The van der Waals surface area contributed by atoms with Crippen molar-refractivity contribution < 1.29 is 14.3 Å². The Kier molecular flexibility index (Phi) is 4.34. The lowest BCUT2D eigenvalue weighted by Gasteiger charge is -2.13. The first kappa shape index (κ1) is 12.7. The maximum atomic E-state index is 10.4. The van der Waals surface area contributed by atoms with E-state index in [9.17, 15) is 4.79 Å². The van der Waals surface area contributed by atoms with Crippen LogP contribution < -0.4 is 9.47 Å². The highest BCUT2D eigenvalue weighted by Crippen LogP contribution is 2.31. The molecule has 0 heterocycles. The molecule has 7 heteroatoms. The average Bonchev–Trinajstić information content (AvgIpc) is 1.99. The number of carbonyl (C=O) groups is 1. The third kappa shape index (κ3) is 5.33. The van der Waals surface area contributed by atoms with E-state index in [0.717, 1.165) is 0 Å². The summed E-state index contributed by atoms with van der Waals surface area (Å²) in [6.07, 6.45) is 0. The molecule has 0 fully saturated rings. The Morgan fingerprint density at radius 3 is 2.33 bits per heavy atom. The zero-order valence-electron chi connectivity index (χ0n) is 7.05. The van der Waals surface area contributed by atoms with Crippen molar-refractivity contribution >= 4 is 51.8 Å². The molecule has 1 rings (SSSR count). The van der Waals surface area contributed by atoms with Crippen molar-refractivity contribution in [1.29, 1.82) is 0 Å². The van der Waals surface area contributed by atoms with E-state index >= 15 is 0 Å². The van der Waals surface area contributed by atoms with Crippen molar-refractivity contribution in [3.8, 4) is 11.5 Å². The van der Waals surface area contributed by atoms with Crippen molar-refractivity contribution in [1.82, 2.24) is 0 Å². The fourth-order valence-electron chi connectivity index (χ4n) is 0.827. The van der Waals surface area contributed by atoms with Crippen LogP contribution in [0.1, 0.15) is 0 Å². The molecule has 0 amide bonds. The molecule has 0 unspecified atom stereocenters. The largest absolute Gasteiger partial charge is 0.445 e. The van der Waals surface area contributed by atoms with E-state index in [2.05, 4.69) is 4.74 Å². The minimum Gasteiger partial charge on any atom is -0.445 e. The van der Waals surface area contributed by atoms with Gasteiger partial charge in [0.15, 0.2) is 0 Å². The fourth-order valence-corrected chi connectivity index (χ4v) is 1.18. The van der Waals surface area contributed by atoms with Crippen LogP contribution in [0.4, 0.5) is 4.79 Å². The topological polar surface area (TPSA) is 35.5 Å². The van der Waals surface area contributed by atoms with Crippen molar-refractivity contribution in [2.24, 2.45) is 0 Å². The van der Waals surface area contributed by atoms with E-state index in [4.69, 9.17) is 51.1 Å². The molecule has 0 atom stereocenters. The molecule has 0 aliphatic carbocycles. The van der Waals surface area contributed by atoms with Crippen LogP contribution in [-0.2, 0) is 0 Å². The minimum absolute atomic E-state index is 0.196. The van der Waals surface area contributed by atoms with Crippen molar-refractivity contribution in [3.05, 3.63) is 24.3 Å². The molecule has 1 aromatic carbocycles. The molecule has 0 N–H and O–H groups in total. The Bertz CT molecular complexity index is 361. The van der Waals surface area contributed by atoms with Crippen molar-refractivity contribution in [2.75, 3.05) is 0 Å². The zero-order chi connectivity index (χ0) is 11.5. The molecular formula is C8H4Cl4O3. The molecule has 3 nitrogen and oxygen atoms in total. The number of hydrogen-bond donors (Lipinski definition) is 0. The van der Waals surface area contributed by atoms with Crippen LogP contribution in [0.25, 0.3) is 0 Å². The summed E-state index contributed by atoms with van der Waals surface area (Å²) in [5.41, 5.74) is -0.957. The smallest absolute Gasteiger partial charge is 0.409 e. The van der Waals surface area contributed by atoms with Crippen molar-refractivity contribution in [3.63, 3.8) is 0 Å². The highest BCUT2D eigenvalue weighted by atomic mass is 35.6. The third-order valence-corrected chi connectivity index (χ3v) is 1.55. The van der Waals surface area contributed by atoms with Gasteiger partial charge in [-0.25, -0.2) is 4.79 Å². The van der Waals surface area contributed by atoms with E-state index in [1.165, 1.54) is 18.2 Å². The van der Waals surface area contributed by atoms with Gasteiger partial charge in [-0.2, -0.15) is 0 Å². The summed E-state index contributed by atoms with van der Waals surface area (Å²) < 4.78 is 7.60. The Labute approximate surface area is 106 Å². The molecule has 0 bridgehead atoms. The van der Waals surface area contributed by atoms with E-state index in [1.54, 1.807) is 6.07 Å². The van der Waals surface area contributed by atoms with Crippen LogP contribution >= 0.6 is 46.4 Å². The van der Waals surface area contributed by atoms with Gasteiger partial charge in [-0.15, -0.1) is 0 Å². The number of benzene rings is 1. The predicted octanol–water partition coefficient (Wildman–Crippen LogP) is 4.13. The normalized spacial score (nSPS) is 10.9. The summed E-state index contributed by atoms with van der Waals surface area (Å²) in [5.74, 6) is 0.437. The second-order valence-corrected chi connectivity index (χ2v) is 4.85. The SMILES string of the molecule is O=C(Cl)Oc1cccc(OC(Cl)(Cl)Cl)c1. The summed E-state index contributed by atoms with van der Waals surface area (Å²) in [6.45, 7) is 0. The van der Waals surface area contributed by atoms with Crippen LogP contribution in [0.5, 0.6) is 11.5 Å². The third-order valence-electron chi connectivity index (χ3n) is 1.24. The van der Waals surface area contributed by atoms with Gasteiger partial charge in [0.05, 0.1) is 0 Å². The number of halogens is 4. The number of carbonyl (C=O) groups excluding carboxylic acids is 1. The lowest BCUT2D eigenvalue weighted by atomic mass is 10.3. The maximum Gasteiger partial charge on any atom is 0.409 e. The Morgan fingerprint density at radius 2 is 1.80 bits per heavy atom. The van der Waals surface area contributed by atoms with Crippen LogP contribution in [0.2, 0.25) is 0 Å². The van der Waals surface area contributed by atoms with E-state index in [-0.39, 0.29) is 11.5 Å². The fraction of sp³-hybridized carbons (Fsp3) is 0.125. The van der Waals surface area contributed by atoms with E-state index in [0.29, 0.717) is 0 Å². The second-order valence-electron chi connectivity index (χ2n) is 2.36. The summed E-state index contributed by atoms with van der Waals surface area (Å²) in [6, 6.07) is 5.96. The monoisotopic (exact) mass is 288 g/mol. The lowest BCUT2D eigenvalue weighted by molar-refractivity contribution is 0.225. The highest BCUT2D eigenvalue weighted by Gasteiger charge is 2.21. The number of alkyl halides is 3. The van der Waals surface area contributed by atoms with Gasteiger partial charge in [0.1, 0.15) is 11.5 Å². The standard InChI is InChI=1S/C8H4Cl4O3/c9-7(13)14-5-2-1-3-6(4-5)15-8(10,11)12/h1-4H. The zero-order valence-corrected chi connectivity index (χ0v) is 10.1. The highest BCUT2D eigenvalue weighted by molar-refractivity contribution is 6.66. The molecule has 0 radical (unpaired) electrons. The first-order chi connectivity index (χ1) is 6.87. The van der Waals surface area contributed by atoms with Gasteiger partial charge in [-0.1, -0.05) is 6.07 Å². The predicted molar refractivity (Wildman–Crippen MR) is 59.2 cm³/mol. The Balaban J connectivity index is 2.79.